The lowest BCUT2D eigenvalue weighted by Crippen LogP contribution is -2.30. The average Bonchev–Trinajstić information content (AvgIpc) is 2.45. The van der Waals surface area contributed by atoms with Gasteiger partial charge in [-0.2, -0.15) is 0 Å². The molecule has 2 N–H and O–H groups in total. The molecule has 1 aromatic carbocycles. The maximum Gasteiger partial charge on any atom is 0.409 e. The SMILES string of the molecule is CC1(C)Oc2ccc(F)c(NC(=O)O)c2O1. The summed E-state index contributed by atoms with van der Waals surface area (Å²) in [6.07, 6.45) is -1.36. The van der Waals surface area contributed by atoms with Crippen LogP contribution >= 0.6 is 0 Å². The Morgan fingerprint density at radius 1 is 1.44 bits per heavy atom. The van der Waals surface area contributed by atoms with E-state index in [4.69, 9.17) is 14.6 Å². The third kappa shape index (κ3) is 1.73. The molecule has 1 amide bonds. The van der Waals surface area contributed by atoms with E-state index in [1.807, 2.05) is 5.32 Å². The summed E-state index contributed by atoms with van der Waals surface area (Å²) in [5.41, 5.74) is -0.226. The normalized spacial score (nSPS) is 15.9. The predicted octanol–water partition coefficient (Wildman–Crippen LogP) is 2.42. The molecule has 2 rings (SSSR count). The smallest absolute Gasteiger partial charge is 0.409 e. The number of nitrogens with one attached hydrogen (secondary N) is 1. The first kappa shape index (κ1) is 10.5. The van der Waals surface area contributed by atoms with Crippen molar-refractivity contribution in [1.29, 1.82) is 0 Å². The molecule has 86 valence electrons. The lowest BCUT2D eigenvalue weighted by Gasteiger charge is -2.16. The number of anilines is 1. The summed E-state index contributed by atoms with van der Waals surface area (Å²) in [6.45, 7) is 3.30. The monoisotopic (exact) mass is 227 g/mol. The van der Waals surface area contributed by atoms with Gasteiger partial charge in [0, 0.05) is 13.8 Å². The van der Waals surface area contributed by atoms with Crippen molar-refractivity contribution in [2.24, 2.45) is 0 Å². The number of carboxylic acid groups (broad SMARTS) is 1. The van der Waals surface area contributed by atoms with Crippen LogP contribution in [-0.4, -0.2) is 17.0 Å². The van der Waals surface area contributed by atoms with Crippen LogP contribution in [0.3, 0.4) is 0 Å². The summed E-state index contributed by atoms with van der Waals surface area (Å²) in [6, 6.07) is 2.52. The molecular weight excluding hydrogens is 217 g/mol. The zero-order valence-corrected chi connectivity index (χ0v) is 8.70. The molecule has 5 nitrogen and oxygen atoms in total. The second kappa shape index (κ2) is 3.26. The van der Waals surface area contributed by atoms with Crippen molar-refractivity contribution in [3.8, 4) is 11.5 Å². The molecule has 0 unspecified atom stereocenters. The number of hydrogen-bond donors (Lipinski definition) is 2. The Hall–Kier alpha value is -1.98. The Kier molecular flexibility index (Phi) is 2.15. The second-order valence-corrected chi connectivity index (χ2v) is 3.78. The van der Waals surface area contributed by atoms with E-state index in [9.17, 15) is 9.18 Å². The van der Waals surface area contributed by atoms with Gasteiger partial charge in [0.2, 0.25) is 5.79 Å². The summed E-state index contributed by atoms with van der Waals surface area (Å²) < 4.78 is 24.1. The molecule has 6 heteroatoms. The van der Waals surface area contributed by atoms with Crippen LogP contribution in [0.5, 0.6) is 11.5 Å². The number of ether oxygens (including phenoxy) is 2. The van der Waals surface area contributed by atoms with Crippen molar-refractivity contribution in [2.75, 3.05) is 5.32 Å². The van der Waals surface area contributed by atoms with Crippen LogP contribution in [-0.2, 0) is 0 Å². The molecular formula is C10H10FNO4. The van der Waals surface area contributed by atoms with Crippen molar-refractivity contribution in [3.05, 3.63) is 17.9 Å². The number of amides is 1. The third-order valence-corrected chi connectivity index (χ3v) is 2.01. The molecule has 0 fully saturated rings. The number of carbonyl (C=O) groups is 1. The Labute approximate surface area is 90.8 Å². The highest BCUT2D eigenvalue weighted by molar-refractivity contribution is 5.86. The summed E-state index contributed by atoms with van der Waals surface area (Å²) in [7, 11) is 0. The molecule has 0 saturated carbocycles. The van der Waals surface area contributed by atoms with Crippen molar-refractivity contribution in [1.82, 2.24) is 0 Å². The Bertz CT molecular complexity index is 458. The van der Waals surface area contributed by atoms with Crippen molar-refractivity contribution in [2.45, 2.75) is 19.6 Å². The van der Waals surface area contributed by atoms with Crippen LogP contribution in [0.1, 0.15) is 13.8 Å². The number of hydrogen-bond acceptors (Lipinski definition) is 3. The van der Waals surface area contributed by atoms with Gasteiger partial charge < -0.3 is 14.6 Å². The molecule has 0 spiro atoms. The Balaban J connectivity index is 2.47. The van der Waals surface area contributed by atoms with E-state index < -0.39 is 17.7 Å². The maximum absolute atomic E-state index is 13.4. The molecule has 1 aromatic rings. The van der Waals surface area contributed by atoms with Gasteiger partial charge in [-0.25, -0.2) is 9.18 Å². The molecule has 0 atom stereocenters. The number of fused-ring (bicyclic) bond motifs is 1. The maximum atomic E-state index is 13.4. The Morgan fingerprint density at radius 3 is 2.75 bits per heavy atom. The first-order valence-electron chi connectivity index (χ1n) is 4.59. The molecule has 1 heterocycles. The topological polar surface area (TPSA) is 67.8 Å². The quantitative estimate of drug-likeness (QED) is 0.773. The van der Waals surface area contributed by atoms with E-state index in [1.54, 1.807) is 13.8 Å². The van der Waals surface area contributed by atoms with Gasteiger partial charge in [0.05, 0.1) is 0 Å². The number of rotatable bonds is 1. The fraction of sp³-hybridized carbons (Fsp3) is 0.300. The molecule has 0 aliphatic carbocycles. The highest BCUT2D eigenvalue weighted by Crippen LogP contribution is 2.45. The van der Waals surface area contributed by atoms with Gasteiger partial charge in [0.25, 0.3) is 0 Å². The Morgan fingerprint density at radius 2 is 2.12 bits per heavy atom. The lowest BCUT2D eigenvalue weighted by atomic mass is 10.2. The van der Waals surface area contributed by atoms with Gasteiger partial charge in [0.1, 0.15) is 5.69 Å². The van der Waals surface area contributed by atoms with Crippen LogP contribution in [0.4, 0.5) is 14.9 Å². The molecule has 0 saturated heterocycles. The highest BCUT2D eigenvalue weighted by Gasteiger charge is 2.35. The largest absolute Gasteiger partial charge is 0.465 e. The van der Waals surface area contributed by atoms with Crippen LogP contribution in [0.25, 0.3) is 0 Å². The lowest BCUT2D eigenvalue weighted by molar-refractivity contribution is -0.0429. The summed E-state index contributed by atoms with van der Waals surface area (Å²) >= 11 is 0. The first-order chi connectivity index (χ1) is 7.39. The molecule has 0 bridgehead atoms. The second-order valence-electron chi connectivity index (χ2n) is 3.78. The van der Waals surface area contributed by atoms with E-state index in [1.165, 1.54) is 6.07 Å². The van der Waals surface area contributed by atoms with Crippen LogP contribution in [0.2, 0.25) is 0 Å². The fourth-order valence-electron chi connectivity index (χ4n) is 1.48. The molecule has 16 heavy (non-hydrogen) atoms. The number of benzene rings is 1. The number of halogens is 1. The minimum Gasteiger partial charge on any atom is -0.465 e. The summed E-state index contributed by atoms with van der Waals surface area (Å²) in [5, 5.41) is 10.5. The predicted molar refractivity (Wildman–Crippen MR) is 53.4 cm³/mol. The van der Waals surface area contributed by atoms with Crippen molar-refractivity contribution >= 4 is 11.8 Å². The van der Waals surface area contributed by atoms with E-state index in [2.05, 4.69) is 0 Å². The third-order valence-electron chi connectivity index (χ3n) is 2.01. The van der Waals surface area contributed by atoms with Gasteiger partial charge in [-0.1, -0.05) is 0 Å². The van der Waals surface area contributed by atoms with Gasteiger partial charge in [-0.05, 0) is 12.1 Å². The molecule has 0 aromatic heterocycles. The van der Waals surface area contributed by atoms with Crippen molar-refractivity contribution in [3.63, 3.8) is 0 Å². The van der Waals surface area contributed by atoms with Gasteiger partial charge in [-0.15, -0.1) is 0 Å². The van der Waals surface area contributed by atoms with E-state index >= 15 is 0 Å². The fourth-order valence-corrected chi connectivity index (χ4v) is 1.48. The van der Waals surface area contributed by atoms with Gasteiger partial charge in [0.15, 0.2) is 17.3 Å². The van der Waals surface area contributed by atoms with Crippen LogP contribution in [0, 0.1) is 5.82 Å². The first-order valence-corrected chi connectivity index (χ1v) is 4.59. The zero-order chi connectivity index (χ0) is 11.9. The van der Waals surface area contributed by atoms with Crippen molar-refractivity contribution < 1.29 is 23.8 Å². The highest BCUT2D eigenvalue weighted by atomic mass is 19.1. The molecule has 0 radical (unpaired) electrons. The van der Waals surface area contributed by atoms with Crippen LogP contribution < -0.4 is 14.8 Å². The minimum atomic E-state index is -1.36. The van der Waals surface area contributed by atoms with E-state index in [-0.39, 0.29) is 11.4 Å². The summed E-state index contributed by atoms with van der Waals surface area (Å²) in [5.74, 6) is -1.24. The standard InChI is InChI=1S/C10H10FNO4/c1-10(2)15-6-4-3-5(11)7(8(6)16-10)12-9(13)14/h3-4,12H,1-2H3,(H,13,14). The van der Waals surface area contributed by atoms with E-state index in [0.29, 0.717) is 5.75 Å². The van der Waals surface area contributed by atoms with Gasteiger partial charge in [-0.3, -0.25) is 5.32 Å². The minimum absolute atomic E-state index is 0.0763. The van der Waals surface area contributed by atoms with Gasteiger partial charge >= 0.3 is 6.09 Å². The van der Waals surface area contributed by atoms with E-state index in [0.717, 1.165) is 6.07 Å². The molecule has 1 aliphatic rings. The summed E-state index contributed by atoms with van der Waals surface area (Å²) in [4.78, 5) is 10.5. The molecule has 1 aliphatic heterocycles. The zero-order valence-electron chi connectivity index (χ0n) is 8.70. The van der Waals surface area contributed by atoms with Crippen LogP contribution in [0.15, 0.2) is 12.1 Å². The average molecular weight is 227 g/mol.